The summed E-state index contributed by atoms with van der Waals surface area (Å²) in [6.45, 7) is 0. The first-order chi connectivity index (χ1) is 13.4. The molecule has 1 N–H and O–H groups in total. The lowest BCUT2D eigenvalue weighted by Gasteiger charge is -2.26. The molecule has 0 spiro atoms. The topological polar surface area (TPSA) is 102 Å². The Morgan fingerprint density at radius 1 is 0.964 bits per heavy atom. The van der Waals surface area contributed by atoms with Crippen LogP contribution in [0.1, 0.15) is 15.9 Å². The molecule has 2 aromatic rings. The summed E-state index contributed by atoms with van der Waals surface area (Å²) in [5.74, 6) is -1.49. The van der Waals surface area contributed by atoms with Crippen LogP contribution in [0.4, 0.5) is 10.5 Å². The molecule has 1 aliphatic heterocycles. The monoisotopic (exact) mass is 380 g/mol. The molecule has 3 rings (SSSR count). The number of imide groups is 2. The van der Waals surface area contributed by atoms with Gasteiger partial charge in [0.1, 0.15) is 11.3 Å². The summed E-state index contributed by atoms with van der Waals surface area (Å²) < 4.78 is 9.69. The van der Waals surface area contributed by atoms with Gasteiger partial charge in [0.15, 0.2) is 0 Å². The number of carbonyl (C=O) groups is 4. The lowest BCUT2D eigenvalue weighted by molar-refractivity contribution is -0.122. The number of anilines is 1. The van der Waals surface area contributed by atoms with E-state index < -0.39 is 23.8 Å². The number of amides is 4. The van der Waals surface area contributed by atoms with Crippen LogP contribution in [0.15, 0.2) is 54.1 Å². The predicted octanol–water partition coefficient (Wildman–Crippen LogP) is 2.15. The molecule has 0 aliphatic carbocycles. The van der Waals surface area contributed by atoms with Crippen molar-refractivity contribution in [1.82, 2.24) is 5.32 Å². The number of ether oxygens (including phenoxy) is 2. The molecule has 28 heavy (non-hydrogen) atoms. The quantitative estimate of drug-likeness (QED) is 0.495. The predicted molar refractivity (Wildman–Crippen MR) is 99.8 cm³/mol. The Morgan fingerprint density at radius 2 is 1.61 bits per heavy atom. The number of barbiturate groups is 1. The second-order valence-electron chi connectivity index (χ2n) is 5.77. The molecule has 0 radical (unpaired) electrons. The molecular weight excluding hydrogens is 364 g/mol. The van der Waals surface area contributed by atoms with Gasteiger partial charge in [0.25, 0.3) is 11.8 Å². The fraction of sp³-hybridized carbons (Fsp3) is 0.100. The number of nitrogens with zero attached hydrogens (tertiary/aromatic N) is 1. The molecule has 1 fully saturated rings. The number of urea groups is 1. The molecule has 0 aromatic heterocycles. The smallest absolute Gasteiger partial charge is 0.337 e. The Hall–Kier alpha value is -3.94. The summed E-state index contributed by atoms with van der Waals surface area (Å²) in [4.78, 5) is 49.5. The van der Waals surface area contributed by atoms with Crippen molar-refractivity contribution in [1.29, 1.82) is 0 Å². The van der Waals surface area contributed by atoms with E-state index >= 15 is 0 Å². The van der Waals surface area contributed by atoms with Crippen molar-refractivity contribution >= 4 is 35.6 Å². The highest BCUT2D eigenvalue weighted by Crippen LogP contribution is 2.24. The Labute approximate surface area is 160 Å². The highest BCUT2D eigenvalue weighted by Gasteiger charge is 2.36. The van der Waals surface area contributed by atoms with Crippen molar-refractivity contribution < 1.29 is 28.7 Å². The zero-order valence-corrected chi connectivity index (χ0v) is 15.1. The lowest BCUT2D eigenvalue weighted by Crippen LogP contribution is -2.54. The van der Waals surface area contributed by atoms with E-state index in [0.717, 1.165) is 4.90 Å². The minimum absolute atomic E-state index is 0.207. The van der Waals surface area contributed by atoms with E-state index in [1.54, 1.807) is 24.3 Å². The van der Waals surface area contributed by atoms with Gasteiger partial charge in [-0.2, -0.15) is 0 Å². The minimum Gasteiger partial charge on any atom is -0.497 e. The lowest BCUT2D eigenvalue weighted by atomic mass is 10.1. The molecule has 2 aromatic carbocycles. The summed E-state index contributed by atoms with van der Waals surface area (Å²) in [5, 5.41) is 2.15. The van der Waals surface area contributed by atoms with Crippen molar-refractivity contribution in [3.8, 4) is 5.75 Å². The number of hydrogen-bond donors (Lipinski definition) is 1. The summed E-state index contributed by atoms with van der Waals surface area (Å²) in [6, 6.07) is 11.6. The van der Waals surface area contributed by atoms with Gasteiger partial charge < -0.3 is 9.47 Å². The van der Waals surface area contributed by atoms with E-state index in [-0.39, 0.29) is 5.57 Å². The summed E-state index contributed by atoms with van der Waals surface area (Å²) in [5.41, 5.74) is 0.929. The maximum Gasteiger partial charge on any atom is 0.337 e. The standard InChI is InChI=1S/C20H16N2O6/c1-27-15-9-7-14(8-10-15)22-18(24)16(17(23)21-20(22)26)11-12-3-5-13(6-4-12)19(25)28-2/h3-11H,1-2H3,(H,21,23,26)/b16-11-. The number of rotatable bonds is 4. The second kappa shape index (κ2) is 7.75. The molecule has 0 unspecified atom stereocenters. The van der Waals surface area contributed by atoms with Gasteiger partial charge in [0, 0.05) is 0 Å². The fourth-order valence-corrected chi connectivity index (χ4v) is 2.62. The molecule has 142 valence electrons. The van der Waals surface area contributed by atoms with Crippen molar-refractivity contribution in [2.24, 2.45) is 0 Å². The molecule has 0 atom stereocenters. The van der Waals surface area contributed by atoms with Crippen LogP contribution in [0.25, 0.3) is 6.08 Å². The Bertz CT molecular complexity index is 977. The molecular formula is C20H16N2O6. The van der Waals surface area contributed by atoms with Crippen LogP contribution in [0.3, 0.4) is 0 Å². The molecule has 8 heteroatoms. The van der Waals surface area contributed by atoms with Gasteiger partial charge in [-0.3, -0.25) is 14.9 Å². The molecule has 0 saturated carbocycles. The van der Waals surface area contributed by atoms with Gasteiger partial charge >= 0.3 is 12.0 Å². The van der Waals surface area contributed by atoms with Crippen LogP contribution in [-0.4, -0.2) is 38.0 Å². The first-order valence-electron chi connectivity index (χ1n) is 8.18. The first-order valence-corrected chi connectivity index (χ1v) is 8.18. The SMILES string of the molecule is COC(=O)c1ccc(/C=C2/C(=O)NC(=O)N(c3ccc(OC)cc3)C2=O)cc1. The van der Waals surface area contributed by atoms with Crippen LogP contribution in [0.2, 0.25) is 0 Å². The van der Waals surface area contributed by atoms with Crippen molar-refractivity contribution in [2.45, 2.75) is 0 Å². The van der Waals surface area contributed by atoms with Crippen LogP contribution in [0, 0.1) is 0 Å². The zero-order valence-electron chi connectivity index (χ0n) is 15.1. The highest BCUT2D eigenvalue weighted by atomic mass is 16.5. The van der Waals surface area contributed by atoms with Crippen molar-refractivity contribution in [3.05, 3.63) is 65.2 Å². The largest absolute Gasteiger partial charge is 0.497 e. The van der Waals surface area contributed by atoms with Gasteiger partial charge in [-0.1, -0.05) is 12.1 Å². The third-order valence-electron chi connectivity index (χ3n) is 4.08. The molecule has 1 heterocycles. The third kappa shape index (κ3) is 3.61. The summed E-state index contributed by atoms with van der Waals surface area (Å²) in [6.07, 6.45) is 1.35. The molecule has 1 saturated heterocycles. The Balaban J connectivity index is 1.92. The number of benzene rings is 2. The fourth-order valence-electron chi connectivity index (χ4n) is 2.62. The Kier molecular flexibility index (Phi) is 5.21. The van der Waals surface area contributed by atoms with Crippen molar-refractivity contribution in [2.75, 3.05) is 19.1 Å². The van der Waals surface area contributed by atoms with Gasteiger partial charge in [-0.15, -0.1) is 0 Å². The average Bonchev–Trinajstić information content (AvgIpc) is 2.71. The average molecular weight is 380 g/mol. The summed E-state index contributed by atoms with van der Waals surface area (Å²) in [7, 11) is 2.77. The van der Waals surface area contributed by atoms with Crippen LogP contribution in [-0.2, 0) is 14.3 Å². The van der Waals surface area contributed by atoms with Crippen molar-refractivity contribution in [3.63, 3.8) is 0 Å². The second-order valence-corrected chi connectivity index (χ2v) is 5.77. The molecule has 1 aliphatic rings. The number of hydrogen-bond acceptors (Lipinski definition) is 6. The van der Waals surface area contributed by atoms with Gasteiger partial charge in [-0.25, -0.2) is 14.5 Å². The number of carbonyl (C=O) groups excluding carboxylic acids is 4. The normalized spacial score (nSPS) is 15.4. The van der Waals surface area contributed by atoms with Crippen LogP contribution in [0.5, 0.6) is 5.75 Å². The summed E-state index contributed by atoms with van der Waals surface area (Å²) >= 11 is 0. The van der Waals surface area contributed by atoms with E-state index in [0.29, 0.717) is 22.6 Å². The van der Waals surface area contributed by atoms with E-state index in [2.05, 4.69) is 10.1 Å². The Morgan fingerprint density at radius 3 is 2.18 bits per heavy atom. The van der Waals surface area contributed by atoms with Crippen LogP contribution < -0.4 is 15.0 Å². The number of nitrogens with one attached hydrogen (secondary N) is 1. The van der Waals surface area contributed by atoms with E-state index in [9.17, 15) is 19.2 Å². The van der Waals surface area contributed by atoms with Gasteiger partial charge in [0.05, 0.1) is 25.5 Å². The van der Waals surface area contributed by atoms with Gasteiger partial charge in [0.2, 0.25) is 0 Å². The molecule has 8 nitrogen and oxygen atoms in total. The third-order valence-corrected chi connectivity index (χ3v) is 4.08. The highest BCUT2D eigenvalue weighted by molar-refractivity contribution is 6.39. The zero-order chi connectivity index (χ0) is 20.3. The molecule has 4 amide bonds. The maximum absolute atomic E-state index is 12.8. The molecule has 0 bridgehead atoms. The first kappa shape index (κ1) is 18.8. The van der Waals surface area contributed by atoms with Gasteiger partial charge in [-0.05, 0) is 48.0 Å². The maximum atomic E-state index is 12.8. The van der Waals surface area contributed by atoms with Crippen LogP contribution >= 0.6 is 0 Å². The van der Waals surface area contributed by atoms with E-state index in [4.69, 9.17) is 4.74 Å². The minimum atomic E-state index is -0.835. The number of esters is 1. The van der Waals surface area contributed by atoms with E-state index in [1.165, 1.54) is 44.6 Å². The number of methoxy groups -OCH3 is 2. The van der Waals surface area contributed by atoms with E-state index in [1.807, 2.05) is 0 Å².